The van der Waals surface area contributed by atoms with Gasteiger partial charge in [0, 0.05) is 6.54 Å². The van der Waals surface area contributed by atoms with Crippen LogP contribution in [0.25, 0.3) is 0 Å². The van der Waals surface area contributed by atoms with Crippen molar-refractivity contribution in [1.29, 1.82) is 0 Å². The van der Waals surface area contributed by atoms with Crippen LogP contribution in [0.4, 0.5) is 4.79 Å². The smallest absolute Gasteiger partial charge is 0.325 e. The van der Waals surface area contributed by atoms with E-state index in [-0.39, 0.29) is 24.3 Å². The van der Waals surface area contributed by atoms with Gasteiger partial charge in [-0.15, -0.1) is 0 Å². The monoisotopic (exact) mass is 347 g/mol. The highest BCUT2D eigenvalue weighted by Gasteiger charge is 2.55. The highest BCUT2D eigenvalue weighted by atomic mass is 16.2. The van der Waals surface area contributed by atoms with E-state index in [4.69, 9.17) is 0 Å². The molecule has 0 bridgehead atoms. The molecular formula is C19H29N3O3. The molecule has 0 unspecified atom stereocenters. The number of carbonyl (C=O) groups is 3. The van der Waals surface area contributed by atoms with E-state index in [1.54, 1.807) is 0 Å². The molecule has 0 aromatic carbocycles. The molecule has 1 aliphatic heterocycles. The second-order valence-corrected chi connectivity index (χ2v) is 7.65. The van der Waals surface area contributed by atoms with Gasteiger partial charge < -0.3 is 10.6 Å². The molecule has 2 N–H and O–H groups in total. The Morgan fingerprint density at radius 1 is 1.32 bits per heavy atom. The molecule has 3 rings (SSSR count). The van der Waals surface area contributed by atoms with Crippen molar-refractivity contribution in [2.75, 3.05) is 13.1 Å². The van der Waals surface area contributed by atoms with Gasteiger partial charge in [0.15, 0.2) is 0 Å². The second-order valence-electron chi connectivity index (χ2n) is 7.65. The van der Waals surface area contributed by atoms with Crippen LogP contribution in [0.3, 0.4) is 0 Å². The predicted molar refractivity (Wildman–Crippen MR) is 94.8 cm³/mol. The Hall–Kier alpha value is -1.85. The maximum atomic E-state index is 12.8. The average molecular weight is 347 g/mol. The van der Waals surface area contributed by atoms with Crippen molar-refractivity contribution in [3.05, 3.63) is 11.6 Å². The van der Waals surface area contributed by atoms with Crippen molar-refractivity contribution in [3.8, 4) is 0 Å². The highest BCUT2D eigenvalue weighted by Crippen LogP contribution is 2.38. The second kappa shape index (κ2) is 7.58. The number of hydrogen-bond donors (Lipinski definition) is 2. The quantitative estimate of drug-likeness (QED) is 0.592. The van der Waals surface area contributed by atoms with E-state index in [1.165, 1.54) is 18.4 Å². The van der Waals surface area contributed by atoms with E-state index in [9.17, 15) is 14.4 Å². The van der Waals surface area contributed by atoms with E-state index in [0.717, 1.165) is 43.4 Å². The molecule has 0 aromatic heterocycles. The minimum Gasteiger partial charge on any atom is -0.354 e. The predicted octanol–water partition coefficient (Wildman–Crippen LogP) is 2.49. The van der Waals surface area contributed by atoms with Crippen LogP contribution in [0.5, 0.6) is 0 Å². The topological polar surface area (TPSA) is 78.5 Å². The number of rotatable bonds is 5. The van der Waals surface area contributed by atoms with Gasteiger partial charge >= 0.3 is 6.03 Å². The Morgan fingerprint density at radius 2 is 2.16 bits per heavy atom. The van der Waals surface area contributed by atoms with Gasteiger partial charge in [0.2, 0.25) is 5.91 Å². The average Bonchev–Trinajstić information content (AvgIpc) is 2.84. The summed E-state index contributed by atoms with van der Waals surface area (Å²) in [6.07, 6.45) is 11.5. The normalized spacial score (nSPS) is 29.6. The van der Waals surface area contributed by atoms with Crippen molar-refractivity contribution in [2.45, 2.75) is 70.3 Å². The first kappa shape index (κ1) is 18.0. The van der Waals surface area contributed by atoms with Gasteiger partial charge in [0.1, 0.15) is 12.1 Å². The first-order chi connectivity index (χ1) is 12.0. The largest absolute Gasteiger partial charge is 0.354 e. The molecule has 2 atom stereocenters. The van der Waals surface area contributed by atoms with Crippen molar-refractivity contribution >= 4 is 17.8 Å². The molecule has 0 aromatic rings. The van der Waals surface area contributed by atoms with E-state index in [0.29, 0.717) is 13.0 Å². The van der Waals surface area contributed by atoms with E-state index < -0.39 is 11.6 Å². The molecule has 25 heavy (non-hydrogen) atoms. The fraction of sp³-hybridized carbons (Fsp3) is 0.737. The third-order valence-electron chi connectivity index (χ3n) is 5.96. The lowest BCUT2D eigenvalue weighted by Gasteiger charge is -2.36. The van der Waals surface area contributed by atoms with Gasteiger partial charge in [-0.2, -0.15) is 0 Å². The summed E-state index contributed by atoms with van der Waals surface area (Å²) in [5, 5.41) is 5.73. The molecule has 1 heterocycles. The lowest BCUT2D eigenvalue weighted by Crippen LogP contribution is -2.54. The number of nitrogens with zero attached hydrogens (tertiary/aromatic N) is 1. The SMILES string of the molecule is C[C@@H]1CCCC[C@@]12NC(=O)N(CC(=O)NCCC1=CCCCC1)C2=O. The van der Waals surface area contributed by atoms with Crippen molar-refractivity contribution < 1.29 is 14.4 Å². The maximum Gasteiger partial charge on any atom is 0.325 e. The Bertz CT molecular complexity index is 586. The third kappa shape index (κ3) is 3.72. The van der Waals surface area contributed by atoms with Crippen LogP contribution >= 0.6 is 0 Å². The summed E-state index contributed by atoms with van der Waals surface area (Å²) in [6, 6.07) is -0.427. The van der Waals surface area contributed by atoms with Gasteiger partial charge in [-0.25, -0.2) is 4.79 Å². The van der Waals surface area contributed by atoms with Crippen molar-refractivity contribution in [2.24, 2.45) is 5.92 Å². The summed E-state index contributed by atoms with van der Waals surface area (Å²) in [7, 11) is 0. The molecule has 4 amide bonds. The fourth-order valence-electron chi connectivity index (χ4n) is 4.33. The number of allylic oxidation sites excluding steroid dienone is 1. The molecule has 1 spiro atoms. The summed E-state index contributed by atoms with van der Waals surface area (Å²) in [5.74, 6) is -0.376. The van der Waals surface area contributed by atoms with Crippen LogP contribution in [-0.4, -0.2) is 41.4 Å². The minimum atomic E-state index is -0.789. The molecule has 0 radical (unpaired) electrons. The molecule has 6 heteroatoms. The van der Waals surface area contributed by atoms with Gasteiger partial charge in [-0.3, -0.25) is 14.5 Å². The molecule has 3 aliphatic rings. The van der Waals surface area contributed by atoms with Gasteiger partial charge in [-0.05, 0) is 50.9 Å². The summed E-state index contributed by atoms with van der Waals surface area (Å²) in [5.41, 5.74) is 0.610. The number of imide groups is 1. The lowest BCUT2D eigenvalue weighted by molar-refractivity contribution is -0.137. The molecular weight excluding hydrogens is 318 g/mol. The zero-order valence-corrected chi connectivity index (χ0v) is 15.1. The molecule has 6 nitrogen and oxygen atoms in total. The van der Waals surface area contributed by atoms with E-state index >= 15 is 0 Å². The Labute approximate surface area is 149 Å². The Morgan fingerprint density at radius 3 is 2.88 bits per heavy atom. The van der Waals surface area contributed by atoms with Crippen LogP contribution in [0.2, 0.25) is 0 Å². The number of urea groups is 1. The summed E-state index contributed by atoms with van der Waals surface area (Å²) in [4.78, 5) is 38.4. The summed E-state index contributed by atoms with van der Waals surface area (Å²) < 4.78 is 0. The van der Waals surface area contributed by atoms with Gasteiger partial charge in [-0.1, -0.05) is 31.4 Å². The molecule has 1 saturated carbocycles. The molecule has 1 saturated heterocycles. The highest BCUT2D eigenvalue weighted by molar-refractivity contribution is 6.09. The van der Waals surface area contributed by atoms with E-state index in [1.807, 2.05) is 6.92 Å². The number of carbonyl (C=O) groups excluding carboxylic acids is 3. The lowest BCUT2D eigenvalue weighted by atomic mass is 9.73. The third-order valence-corrected chi connectivity index (χ3v) is 5.96. The zero-order valence-electron chi connectivity index (χ0n) is 15.1. The zero-order chi connectivity index (χ0) is 17.9. The minimum absolute atomic E-state index is 0.115. The van der Waals surface area contributed by atoms with E-state index in [2.05, 4.69) is 16.7 Å². The number of hydrogen-bond acceptors (Lipinski definition) is 3. The number of nitrogens with one attached hydrogen (secondary N) is 2. The first-order valence-corrected chi connectivity index (χ1v) is 9.61. The van der Waals surface area contributed by atoms with Gasteiger partial charge in [0.05, 0.1) is 0 Å². The van der Waals surface area contributed by atoms with Crippen molar-refractivity contribution in [3.63, 3.8) is 0 Å². The molecule has 138 valence electrons. The Balaban J connectivity index is 1.51. The molecule has 2 fully saturated rings. The van der Waals surface area contributed by atoms with Crippen LogP contribution in [0, 0.1) is 5.92 Å². The van der Waals surface area contributed by atoms with Crippen molar-refractivity contribution in [1.82, 2.24) is 15.5 Å². The number of amides is 4. The first-order valence-electron chi connectivity index (χ1n) is 9.61. The van der Waals surface area contributed by atoms with Crippen LogP contribution < -0.4 is 10.6 Å². The summed E-state index contributed by atoms with van der Waals surface area (Å²) >= 11 is 0. The van der Waals surface area contributed by atoms with Crippen LogP contribution in [0.1, 0.15) is 64.7 Å². The fourth-order valence-corrected chi connectivity index (χ4v) is 4.33. The summed E-state index contributed by atoms with van der Waals surface area (Å²) in [6.45, 7) is 2.40. The van der Waals surface area contributed by atoms with Gasteiger partial charge in [0.25, 0.3) is 5.91 Å². The Kier molecular flexibility index (Phi) is 5.45. The van der Waals surface area contributed by atoms with Crippen LogP contribution in [0.15, 0.2) is 11.6 Å². The standard InChI is InChI=1S/C19H29N3O3/c1-14-7-5-6-11-19(14)17(24)22(18(25)21-19)13-16(23)20-12-10-15-8-3-2-4-9-15/h8,14H,2-7,9-13H2,1H3,(H,20,23)(H,21,25)/t14-,19-/m1/s1. The molecule has 2 aliphatic carbocycles. The van der Waals surface area contributed by atoms with Crippen LogP contribution in [-0.2, 0) is 9.59 Å². The maximum absolute atomic E-state index is 12.8.